The Hall–Kier alpha value is -1.79. The van der Waals surface area contributed by atoms with Crippen molar-refractivity contribution in [2.75, 3.05) is 54.2 Å². The second-order valence-electron chi connectivity index (χ2n) is 5.72. The first-order valence-corrected chi connectivity index (χ1v) is 8.91. The molecule has 0 unspecified atom stereocenters. The van der Waals surface area contributed by atoms with E-state index in [1.54, 1.807) is 7.11 Å². The monoisotopic (exact) mass is 351 g/mol. The molecule has 6 heteroatoms. The van der Waals surface area contributed by atoms with Crippen LogP contribution in [0.5, 0.6) is 5.75 Å². The van der Waals surface area contributed by atoms with E-state index >= 15 is 0 Å². The molecule has 0 aliphatic rings. The minimum absolute atomic E-state index is 0.654. The normalized spacial score (nSPS) is 11.4. The van der Waals surface area contributed by atoms with E-state index in [0.29, 0.717) is 19.8 Å². The highest BCUT2D eigenvalue weighted by Gasteiger charge is 2.06. The molecule has 142 valence electrons. The van der Waals surface area contributed by atoms with E-state index in [0.717, 1.165) is 44.2 Å². The van der Waals surface area contributed by atoms with Crippen LogP contribution in [0.25, 0.3) is 0 Å². The maximum atomic E-state index is 5.47. The van der Waals surface area contributed by atoms with Gasteiger partial charge < -0.3 is 24.4 Å². The molecule has 1 rings (SSSR count). The van der Waals surface area contributed by atoms with Gasteiger partial charge in [-0.15, -0.1) is 0 Å². The van der Waals surface area contributed by atoms with Crippen molar-refractivity contribution < 1.29 is 14.2 Å². The van der Waals surface area contributed by atoms with Gasteiger partial charge in [-0.3, -0.25) is 4.99 Å². The lowest BCUT2D eigenvalue weighted by atomic mass is 10.2. The fraction of sp³-hybridized carbons (Fsp3) is 0.632. The third-order valence-corrected chi connectivity index (χ3v) is 3.66. The van der Waals surface area contributed by atoms with Crippen LogP contribution >= 0.6 is 0 Å². The van der Waals surface area contributed by atoms with Crippen LogP contribution in [-0.4, -0.2) is 65.0 Å². The van der Waals surface area contributed by atoms with Crippen molar-refractivity contribution in [3.8, 4) is 5.75 Å². The molecule has 0 aliphatic heterocycles. The molecule has 0 bridgehead atoms. The SMILES string of the molecule is CCOc1ccc(CN(C)C(=NC)NCCCCOCCOC)cc1. The molecular formula is C19H33N3O3. The molecule has 0 atom stereocenters. The number of hydrogen-bond acceptors (Lipinski definition) is 4. The zero-order chi connectivity index (χ0) is 18.3. The average molecular weight is 351 g/mol. The summed E-state index contributed by atoms with van der Waals surface area (Å²) in [5.41, 5.74) is 1.22. The first kappa shape index (κ1) is 21.3. The van der Waals surface area contributed by atoms with E-state index in [4.69, 9.17) is 14.2 Å². The van der Waals surface area contributed by atoms with Gasteiger partial charge >= 0.3 is 0 Å². The summed E-state index contributed by atoms with van der Waals surface area (Å²) in [6.45, 7) is 6.44. The summed E-state index contributed by atoms with van der Waals surface area (Å²) < 4.78 is 15.9. The highest BCUT2D eigenvalue weighted by atomic mass is 16.5. The molecule has 6 nitrogen and oxygen atoms in total. The molecule has 25 heavy (non-hydrogen) atoms. The van der Waals surface area contributed by atoms with Crippen LogP contribution in [0.2, 0.25) is 0 Å². The Labute approximate surface area is 152 Å². The summed E-state index contributed by atoms with van der Waals surface area (Å²) in [7, 11) is 5.53. The van der Waals surface area contributed by atoms with E-state index in [-0.39, 0.29) is 0 Å². The van der Waals surface area contributed by atoms with Crippen molar-refractivity contribution in [3.63, 3.8) is 0 Å². The lowest BCUT2D eigenvalue weighted by Gasteiger charge is -2.22. The van der Waals surface area contributed by atoms with Crippen molar-refractivity contribution in [1.82, 2.24) is 10.2 Å². The van der Waals surface area contributed by atoms with Crippen molar-refractivity contribution in [2.45, 2.75) is 26.3 Å². The van der Waals surface area contributed by atoms with Gasteiger partial charge in [0.15, 0.2) is 5.96 Å². The van der Waals surface area contributed by atoms with Gasteiger partial charge in [0.25, 0.3) is 0 Å². The van der Waals surface area contributed by atoms with Crippen LogP contribution in [0.1, 0.15) is 25.3 Å². The molecule has 1 aromatic rings. The van der Waals surface area contributed by atoms with E-state index in [2.05, 4.69) is 27.3 Å². The standard InChI is InChI=1S/C19H33N3O3/c1-5-25-18-10-8-17(9-11-18)16-22(3)19(20-2)21-12-6-7-13-24-15-14-23-4/h8-11H,5-7,12-16H2,1-4H3,(H,20,21). The third kappa shape index (κ3) is 9.31. The quantitative estimate of drug-likeness (QED) is 0.356. The largest absolute Gasteiger partial charge is 0.494 e. The molecular weight excluding hydrogens is 318 g/mol. The molecule has 0 heterocycles. The van der Waals surface area contributed by atoms with Gasteiger partial charge in [0, 0.05) is 40.9 Å². The number of nitrogens with zero attached hydrogens (tertiary/aromatic N) is 2. The summed E-state index contributed by atoms with van der Waals surface area (Å²) in [6.07, 6.45) is 2.07. The van der Waals surface area contributed by atoms with Gasteiger partial charge in [-0.05, 0) is 37.5 Å². The number of nitrogens with one attached hydrogen (secondary N) is 1. The van der Waals surface area contributed by atoms with Crippen LogP contribution in [0.4, 0.5) is 0 Å². The number of unbranched alkanes of at least 4 members (excludes halogenated alkanes) is 1. The minimum Gasteiger partial charge on any atom is -0.494 e. The molecule has 0 radical (unpaired) electrons. The minimum atomic E-state index is 0.654. The number of ether oxygens (including phenoxy) is 3. The Morgan fingerprint density at radius 1 is 1.12 bits per heavy atom. The molecule has 0 spiro atoms. The molecule has 1 aromatic carbocycles. The second kappa shape index (κ2) is 13.5. The zero-order valence-electron chi connectivity index (χ0n) is 16.1. The predicted octanol–water partition coefficient (Wildman–Crippen LogP) is 2.54. The van der Waals surface area contributed by atoms with Crippen molar-refractivity contribution in [3.05, 3.63) is 29.8 Å². The predicted molar refractivity (Wildman–Crippen MR) is 102 cm³/mol. The molecule has 1 N–H and O–H groups in total. The molecule has 0 aliphatic carbocycles. The van der Waals surface area contributed by atoms with Crippen molar-refractivity contribution in [2.24, 2.45) is 4.99 Å². The number of methoxy groups -OCH3 is 1. The Kier molecular flexibility index (Phi) is 11.5. The average Bonchev–Trinajstić information content (AvgIpc) is 2.62. The number of benzene rings is 1. The molecule has 0 saturated carbocycles. The Morgan fingerprint density at radius 3 is 2.52 bits per heavy atom. The molecule has 0 saturated heterocycles. The summed E-state index contributed by atoms with van der Waals surface area (Å²) >= 11 is 0. The fourth-order valence-corrected chi connectivity index (χ4v) is 2.36. The maximum Gasteiger partial charge on any atom is 0.193 e. The van der Waals surface area contributed by atoms with Crippen LogP contribution in [0, 0.1) is 0 Å². The van der Waals surface area contributed by atoms with Crippen LogP contribution in [0.3, 0.4) is 0 Å². The Morgan fingerprint density at radius 2 is 1.88 bits per heavy atom. The number of guanidine groups is 1. The van der Waals surface area contributed by atoms with Gasteiger partial charge in [-0.2, -0.15) is 0 Å². The molecule has 0 fully saturated rings. The van der Waals surface area contributed by atoms with Gasteiger partial charge in [-0.1, -0.05) is 12.1 Å². The lowest BCUT2D eigenvalue weighted by molar-refractivity contribution is 0.0689. The fourth-order valence-electron chi connectivity index (χ4n) is 2.36. The van der Waals surface area contributed by atoms with Gasteiger partial charge in [-0.25, -0.2) is 0 Å². The lowest BCUT2D eigenvalue weighted by Crippen LogP contribution is -2.38. The Balaban J connectivity index is 2.26. The number of rotatable bonds is 12. The van der Waals surface area contributed by atoms with E-state index in [1.807, 2.05) is 33.2 Å². The summed E-state index contributed by atoms with van der Waals surface area (Å²) in [4.78, 5) is 6.46. The highest BCUT2D eigenvalue weighted by molar-refractivity contribution is 5.79. The topological polar surface area (TPSA) is 55.3 Å². The first-order valence-electron chi connectivity index (χ1n) is 8.91. The second-order valence-corrected chi connectivity index (χ2v) is 5.72. The van der Waals surface area contributed by atoms with Crippen molar-refractivity contribution >= 4 is 5.96 Å². The number of aliphatic imine (C=N–C) groups is 1. The highest BCUT2D eigenvalue weighted by Crippen LogP contribution is 2.13. The van der Waals surface area contributed by atoms with Crippen LogP contribution in [0.15, 0.2) is 29.3 Å². The van der Waals surface area contributed by atoms with Gasteiger partial charge in [0.2, 0.25) is 0 Å². The van der Waals surface area contributed by atoms with Gasteiger partial charge in [0.1, 0.15) is 5.75 Å². The smallest absolute Gasteiger partial charge is 0.193 e. The van der Waals surface area contributed by atoms with E-state index in [9.17, 15) is 0 Å². The zero-order valence-corrected chi connectivity index (χ0v) is 16.1. The maximum absolute atomic E-state index is 5.47. The summed E-state index contributed by atoms with van der Waals surface area (Å²) in [6, 6.07) is 8.19. The van der Waals surface area contributed by atoms with E-state index < -0.39 is 0 Å². The molecule has 0 amide bonds. The number of hydrogen-bond donors (Lipinski definition) is 1. The van der Waals surface area contributed by atoms with Crippen LogP contribution < -0.4 is 10.1 Å². The van der Waals surface area contributed by atoms with E-state index in [1.165, 1.54) is 5.56 Å². The van der Waals surface area contributed by atoms with Gasteiger partial charge in [0.05, 0.1) is 19.8 Å². The summed E-state index contributed by atoms with van der Waals surface area (Å²) in [5, 5.41) is 3.39. The third-order valence-electron chi connectivity index (χ3n) is 3.66. The Bertz CT molecular complexity index is 477. The summed E-state index contributed by atoms with van der Waals surface area (Å²) in [5.74, 6) is 1.80. The first-order chi connectivity index (χ1) is 12.2. The van der Waals surface area contributed by atoms with Crippen molar-refractivity contribution in [1.29, 1.82) is 0 Å². The van der Waals surface area contributed by atoms with Crippen LogP contribution in [-0.2, 0) is 16.0 Å². The molecule has 0 aromatic heterocycles.